The molecule has 1 saturated heterocycles. The summed E-state index contributed by atoms with van der Waals surface area (Å²) in [6.45, 7) is 3.14. The van der Waals surface area contributed by atoms with Crippen LogP contribution >= 0.6 is 0 Å². The van der Waals surface area contributed by atoms with Gasteiger partial charge in [0.05, 0.1) is 18.3 Å². The molecule has 0 bridgehead atoms. The molecule has 2 heteroatoms. The summed E-state index contributed by atoms with van der Waals surface area (Å²) in [7, 11) is 0. The number of epoxide rings is 1. The minimum absolute atomic E-state index is 0. The summed E-state index contributed by atoms with van der Waals surface area (Å²) < 4.78 is 11.2. The molecule has 0 spiro atoms. The third-order valence-electron chi connectivity index (χ3n) is 2.81. The Morgan fingerprint density at radius 1 is 1.31 bits per heavy atom. The average Bonchev–Trinajstić information content (AvgIpc) is 2.83. The normalized spacial score (nSPS) is 36.2. The second-order valence-corrected chi connectivity index (χ2v) is 3.87. The molecule has 3 unspecified atom stereocenters. The van der Waals surface area contributed by atoms with Gasteiger partial charge in [-0.3, -0.25) is 0 Å². The second-order valence-electron chi connectivity index (χ2n) is 3.87. The van der Waals surface area contributed by atoms with Gasteiger partial charge in [0.1, 0.15) is 0 Å². The highest BCUT2D eigenvalue weighted by Gasteiger charge is 2.44. The summed E-state index contributed by atoms with van der Waals surface area (Å²) in [4.78, 5) is 0. The van der Waals surface area contributed by atoms with E-state index in [-0.39, 0.29) is 7.43 Å². The molecule has 1 aliphatic carbocycles. The van der Waals surface area contributed by atoms with Crippen molar-refractivity contribution in [2.24, 2.45) is 0 Å². The molecule has 2 nitrogen and oxygen atoms in total. The number of unbranched alkanes of at least 4 members (excludes halogenated alkanes) is 1. The Morgan fingerprint density at radius 3 is 2.85 bits per heavy atom. The first kappa shape index (κ1) is 11.0. The molecule has 1 heterocycles. The Hall–Kier alpha value is -0.0800. The molecule has 0 N–H and O–H groups in total. The standard InChI is InChI=1S/C10H18O2.CH4/c1-2-3-6-11-8-4-5-9-10(7-8)12-9;/h8-10H,2-7H2,1H3;1H4. The fourth-order valence-electron chi connectivity index (χ4n) is 1.91. The van der Waals surface area contributed by atoms with Crippen molar-refractivity contribution >= 4 is 0 Å². The summed E-state index contributed by atoms with van der Waals surface area (Å²) in [5.74, 6) is 0. The Labute approximate surface area is 81.6 Å². The van der Waals surface area contributed by atoms with E-state index in [4.69, 9.17) is 9.47 Å². The Morgan fingerprint density at radius 2 is 2.15 bits per heavy atom. The van der Waals surface area contributed by atoms with Crippen molar-refractivity contribution in [1.82, 2.24) is 0 Å². The van der Waals surface area contributed by atoms with Crippen molar-refractivity contribution in [3.8, 4) is 0 Å². The van der Waals surface area contributed by atoms with Gasteiger partial charge in [0.15, 0.2) is 0 Å². The molecule has 2 fully saturated rings. The van der Waals surface area contributed by atoms with Gasteiger partial charge in [0.2, 0.25) is 0 Å². The highest BCUT2D eigenvalue weighted by atomic mass is 16.6. The van der Waals surface area contributed by atoms with E-state index in [9.17, 15) is 0 Å². The molecule has 3 atom stereocenters. The van der Waals surface area contributed by atoms with Crippen LogP contribution in [0.4, 0.5) is 0 Å². The van der Waals surface area contributed by atoms with Gasteiger partial charge in [-0.25, -0.2) is 0 Å². The SMILES string of the molecule is C.CCCCOC1CCC2OC2C1. The zero-order valence-electron chi connectivity index (χ0n) is 7.79. The van der Waals surface area contributed by atoms with Crippen LogP contribution in [-0.2, 0) is 9.47 Å². The number of rotatable bonds is 4. The van der Waals surface area contributed by atoms with Gasteiger partial charge < -0.3 is 9.47 Å². The first-order chi connectivity index (χ1) is 5.90. The monoisotopic (exact) mass is 186 g/mol. The number of ether oxygens (including phenoxy) is 2. The van der Waals surface area contributed by atoms with Gasteiger partial charge in [-0.1, -0.05) is 20.8 Å². The van der Waals surface area contributed by atoms with Crippen molar-refractivity contribution < 1.29 is 9.47 Å². The molecule has 2 rings (SSSR count). The third-order valence-corrected chi connectivity index (χ3v) is 2.81. The minimum atomic E-state index is 0. The fraction of sp³-hybridized carbons (Fsp3) is 1.00. The van der Waals surface area contributed by atoms with Crippen LogP contribution in [0.5, 0.6) is 0 Å². The van der Waals surface area contributed by atoms with E-state index in [1.165, 1.54) is 25.7 Å². The molecule has 13 heavy (non-hydrogen) atoms. The lowest BCUT2D eigenvalue weighted by atomic mass is 9.98. The Kier molecular flexibility index (Phi) is 4.20. The zero-order chi connectivity index (χ0) is 8.39. The van der Waals surface area contributed by atoms with Crippen molar-refractivity contribution in [3.63, 3.8) is 0 Å². The summed E-state index contributed by atoms with van der Waals surface area (Å²) in [6, 6.07) is 0. The van der Waals surface area contributed by atoms with Crippen LogP contribution < -0.4 is 0 Å². The largest absolute Gasteiger partial charge is 0.378 e. The van der Waals surface area contributed by atoms with Crippen LogP contribution in [0.15, 0.2) is 0 Å². The van der Waals surface area contributed by atoms with Gasteiger partial charge >= 0.3 is 0 Å². The number of fused-ring (bicyclic) bond motifs is 1. The maximum absolute atomic E-state index is 5.74. The Balaban J connectivity index is 0.000000845. The highest BCUT2D eigenvalue weighted by Crippen LogP contribution is 2.37. The first-order valence-electron chi connectivity index (χ1n) is 5.17. The topological polar surface area (TPSA) is 21.8 Å². The first-order valence-corrected chi connectivity index (χ1v) is 5.17. The zero-order valence-corrected chi connectivity index (χ0v) is 7.79. The van der Waals surface area contributed by atoms with Gasteiger partial charge in [0.25, 0.3) is 0 Å². The highest BCUT2D eigenvalue weighted by molar-refractivity contribution is 4.92. The summed E-state index contributed by atoms with van der Waals surface area (Å²) in [6.07, 6.45) is 7.68. The average molecular weight is 186 g/mol. The van der Waals surface area contributed by atoms with Crippen molar-refractivity contribution in [3.05, 3.63) is 0 Å². The lowest BCUT2D eigenvalue weighted by Crippen LogP contribution is -2.21. The van der Waals surface area contributed by atoms with E-state index >= 15 is 0 Å². The Bertz CT molecular complexity index is 147. The molecular formula is C11H22O2. The molecule has 0 aromatic carbocycles. The van der Waals surface area contributed by atoms with E-state index in [2.05, 4.69) is 6.92 Å². The van der Waals surface area contributed by atoms with Gasteiger partial charge in [-0.2, -0.15) is 0 Å². The quantitative estimate of drug-likeness (QED) is 0.497. The van der Waals surface area contributed by atoms with E-state index in [0.717, 1.165) is 13.0 Å². The van der Waals surface area contributed by atoms with Gasteiger partial charge in [0, 0.05) is 13.0 Å². The van der Waals surface area contributed by atoms with Gasteiger partial charge in [-0.15, -0.1) is 0 Å². The van der Waals surface area contributed by atoms with Gasteiger partial charge in [-0.05, 0) is 19.3 Å². The van der Waals surface area contributed by atoms with E-state index in [1.54, 1.807) is 0 Å². The molecule has 2 aliphatic rings. The lowest BCUT2D eigenvalue weighted by Gasteiger charge is -2.19. The maximum atomic E-state index is 5.74. The number of hydrogen-bond donors (Lipinski definition) is 0. The molecule has 1 saturated carbocycles. The molecule has 0 radical (unpaired) electrons. The summed E-state index contributed by atoms with van der Waals surface area (Å²) in [5.41, 5.74) is 0. The van der Waals surface area contributed by atoms with Crippen LogP contribution in [0.1, 0.15) is 46.5 Å². The molecule has 0 amide bonds. The van der Waals surface area contributed by atoms with E-state index in [0.29, 0.717) is 18.3 Å². The second kappa shape index (κ2) is 4.97. The van der Waals surface area contributed by atoms with Crippen molar-refractivity contribution in [1.29, 1.82) is 0 Å². The van der Waals surface area contributed by atoms with E-state index in [1.807, 2.05) is 0 Å². The third kappa shape index (κ3) is 2.96. The van der Waals surface area contributed by atoms with Crippen LogP contribution in [0.3, 0.4) is 0 Å². The molecule has 78 valence electrons. The van der Waals surface area contributed by atoms with Crippen LogP contribution in [0, 0.1) is 0 Å². The van der Waals surface area contributed by atoms with Crippen LogP contribution in [-0.4, -0.2) is 24.9 Å². The predicted molar refractivity (Wildman–Crippen MR) is 53.9 cm³/mol. The molecule has 0 aromatic heterocycles. The van der Waals surface area contributed by atoms with Crippen molar-refractivity contribution in [2.75, 3.05) is 6.61 Å². The van der Waals surface area contributed by atoms with Crippen LogP contribution in [0.2, 0.25) is 0 Å². The maximum Gasteiger partial charge on any atom is 0.0866 e. The minimum Gasteiger partial charge on any atom is -0.378 e. The van der Waals surface area contributed by atoms with Crippen LogP contribution in [0.25, 0.3) is 0 Å². The predicted octanol–water partition coefficient (Wildman–Crippen LogP) is 2.76. The molecular weight excluding hydrogens is 164 g/mol. The summed E-state index contributed by atoms with van der Waals surface area (Å²) >= 11 is 0. The number of hydrogen-bond acceptors (Lipinski definition) is 2. The lowest BCUT2D eigenvalue weighted by molar-refractivity contribution is 0.0315. The smallest absolute Gasteiger partial charge is 0.0866 e. The van der Waals surface area contributed by atoms with Crippen molar-refractivity contribution in [2.45, 2.75) is 64.8 Å². The molecule has 1 aliphatic heterocycles. The molecule has 0 aromatic rings. The summed E-state index contributed by atoms with van der Waals surface area (Å²) in [5, 5.41) is 0. The van der Waals surface area contributed by atoms with E-state index < -0.39 is 0 Å². The fourth-order valence-corrected chi connectivity index (χ4v) is 1.91.